The van der Waals surface area contributed by atoms with Crippen molar-refractivity contribution < 1.29 is 5.11 Å². The summed E-state index contributed by atoms with van der Waals surface area (Å²) in [5.74, 6) is 1.09. The topological polar surface area (TPSA) is 62.4 Å². The van der Waals surface area contributed by atoms with E-state index in [1.807, 2.05) is 7.05 Å². The van der Waals surface area contributed by atoms with Gasteiger partial charge in [-0.3, -0.25) is 0 Å². The third-order valence-corrected chi connectivity index (χ3v) is 3.48. The van der Waals surface area contributed by atoms with E-state index in [0.717, 1.165) is 25.1 Å². The first-order valence-corrected chi connectivity index (χ1v) is 6.20. The summed E-state index contributed by atoms with van der Waals surface area (Å²) in [6.45, 7) is 1.65. The molecule has 1 heterocycles. The molecule has 1 aromatic heterocycles. The molecule has 0 amide bonds. The zero-order chi connectivity index (χ0) is 12.4. The van der Waals surface area contributed by atoms with Crippen molar-refractivity contribution >= 4 is 17.4 Å². The molecule has 0 unspecified atom stereocenters. The molecule has 1 fully saturated rings. The van der Waals surface area contributed by atoms with E-state index in [0.29, 0.717) is 23.3 Å². The molecule has 94 valence electrons. The Bertz CT molecular complexity index is 393. The molecule has 0 saturated heterocycles. The quantitative estimate of drug-likeness (QED) is 0.856. The number of rotatable bonds is 4. The van der Waals surface area contributed by atoms with Gasteiger partial charge < -0.3 is 15.7 Å². The van der Waals surface area contributed by atoms with Crippen molar-refractivity contribution in [3.05, 3.63) is 22.8 Å². The van der Waals surface area contributed by atoms with Gasteiger partial charge >= 0.3 is 0 Å². The second-order valence-corrected chi connectivity index (χ2v) is 5.26. The largest absolute Gasteiger partial charge is 0.393 e. The van der Waals surface area contributed by atoms with Crippen LogP contribution in [0.25, 0.3) is 0 Å². The first-order chi connectivity index (χ1) is 8.04. The number of anilines is 1. The van der Waals surface area contributed by atoms with Crippen LogP contribution in [0.2, 0.25) is 5.02 Å². The van der Waals surface area contributed by atoms with E-state index >= 15 is 0 Å². The van der Waals surface area contributed by atoms with Crippen LogP contribution < -0.4 is 5.73 Å². The average molecular weight is 256 g/mol. The maximum atomic E-state index is 9.23. The van der Waals surface area contributed by atoms with Gasteiger partial charge in [0.1, 0.15) is 5.82 Å². The van der Waals surface area contributed by atoms with Crippen molar-refractivity contribution in [1.29, 1.82) is 0 Å². The Labute approximate surface area is 106 Å². The first-order valence-electron chi connectivity index (χ1n) is 5.82. The van der Waals surface area contributed by atoms with Crippen LogP contribution in [0.3, 0.4) is 0 Å². The van der Waals surface area contributed by atoms with Gasteiger partial charge in [0.05, 0.1) is 16.8 Å². The summed E-state index contributed by atoms with van der Waals surface area (Å²) < 4.78 is 0. The molecule has 1 aliphatic rings. The third-order valence-electron chi connectivity index (χ3n) is 3.14. The highest BCUT2D eigenvalue weighted by atomic mass is 35.5. The van der Waals surface area contributed by atoms with Crippen LogP contribution in [0.1, 0.15) is 18.5 Å². The summed E-state index contributed by atoms with van der Waals surface area (Å²) in [4.78, 5) is 6.40. The molecule has 2 rings (SSSR count). The molecule has 17 heavy (non-hydrogen) atoms. The SMILES string of the molecule is CN(Cc1nc(N)ccc1Cl)CC1CC(O)C1. The Balaban J connectivity index is 1.89. The zero-order valence-electron chi connectivity index (χ0n) is 9.93. The van der Waals surface area contributed by atoms with Crippen molar-refractivity contribution in [2.75, 3.05) is 19.3 Å². The summed E-state index contributed by atoms with van der Waals surface area (Å²) in [7, 11) is 2.03. The molecule has 0 bridgehead atoms. The second kappa shape index (κ2) is 5.21. The third kappa shape index (κ3) is 3.31. The molecule has 1 aromatic rings. The van der Waals surface area contributed by atoms with Crippen molar-refractivity contribution in [2.24, 2.45) is 5.92 Å². The van der Waals surface area contributed by atoms with Crippen LogP contribution in [0.15, 0.2) is 12.1 Å². The number of aliphatic hydroxyl groups excluding tert-OH is 1. The van der Waals surface area contributed by atoms with E-state index in [2.05, 4.69) is 9.88 Å². The summed E-state index contributed by atoms with van der Waals surface area (Å²) in [6, 6.07) is 3.48. The minimum Gasteiger partial charge on any atom is -0.393 e. The fraction of sp³-hybridized carbons (Fsp3) is 0.583. The number of aromatic nitrogens is 1. The molecule has 5 heteroatoms. The van der Waals surface area contributed by atoms with Crippen LogP contribution in [0, 0.1) is 5.92 Å². The molecule has 0 atom stereocenters. The molecule has 3 N–H and O–H groups in total. The standard InChI is InChI=1S/C12H18ClN3O/c1-16(6-8-4-9(17)5-8)7-11-10(13)2-3-12(14)15-11/h2-3,8-9,17H,4-7H2,1H3,(H2,14,15). The average Bonchev–Trinajstić information content (AvgIpc) is 2.21. The number of halogens is 1. The number of aliphatic hydroxyl groups is 1. The number of nitrogens with two attached hydrogens (primary N) is 1. The molecular weight excluding hydrogens is 238 g/mol. The molecule has 0 radical (unpaired) electrons. The van der Waals surface area contributed by atoms with E-state index in [1.165, 1.54) is 0 Å². The van der Waals surface area contributed by atoms with Crippen LogP contribution in [0.4, 0.5) is 5.82 Å². The maximum Gasteiger partial charge on any atom is 0.123 e. The summed E-state index contributed by atoms with van der Waals surface area (Å²) >= 11 is 6.06. The minimum absolute atomic E-state index is 0.0949. The van der Waals surface area contributed by atoms with Crippen LogP contribution in [-0.2, 0) is 6.54 Å². The number of nitrogen functional groups attached to an aromatic ring is 1. The van der Waals surface area contributed by atoms with Crippen LogP contribution >= 0.6 is 11.6 Å². The van der Waals surface area contributed by atoms with Gasteiger partial charge in [-0.2, -0.15) is 0 Å². The summed E-state index contributed by atoms with van der Waals surface area (Å²) in [5.41, 5.74) is 6.45. The minimum atomic E-state index is -0.0949. The molecular formula is C12H18ClN3O. The predicted molar refractivity (Wildman–Crippen MR) is 68.7 cm³/mol. The summed E-state index contributed by atoms with van der Waals surface area (Å²) in [5, 5.41) is 9.89. The Kier molecular flexibility index (Phi) is 3.86. The van der Waals surface area contributed by atoms with Gasteiger partial charge in [-0.15, -0.1) is 0 Å². The van der Waals surface area contributed by atoms with Gasteiger partial charge in [0, 0.05) is 13.1 Å². The number of nitrogens with zero attached hydrogens (tertiary/aromatic N) is 2. The predicted octanol–water partition coefficient (Wildman–Crippen LogP) is 1.52. The maximum absolute atomic E-state index is 9.23. The van der Waals surface area contributed by atoms with Crippen molar-refractivity contribution in [3.63, 3.8) is 0 Å². The van der Waals surface area contributed by atoms with Crippen molar-refractivity contribution in [2.45, 2.75) is 25.5 Å². The monoisotopic (exact) mass is 255 g/mol. The molecule has 0 aliphatic heterocycles. The highest BCUT2D eigenvalue weighted by molar-refractivity contribution is 6.31. The van der Waals surface area contributed by atoms with E-state index in [1.54, 1.807) is 12.1 Å². The second-order valence-electron chi connectivity index (χ2n) is 4.85. The van der Waals surface area contributed by atoms with Gasteiger partial charge in [-0.05, 0) is 37.9 Å². The first kappa shape index (κ1) is 12.6. The number of hydrogen-bond acceptors (Lipinski definition) is 4. The summed E-state index contributed by atoms with van der Waals surface area (Å²) in [6.07, 6.45) is 1.72. The van der Waals surface area contributed by atoms with Gasteiger partial charge in [-0.25, -0.2) is 4.98 Å². The lowest BCUT2D eigenvalue weighted by Crippen LogP contribution is -2.37. The molecule has 1 saturated carbocycles. The number of hydrogen-bond donors (Lipinski definition) is 2. The Morgan fingerprint density at radius 3 is 2.88 bits per heavy atom. The molecule has 0 aromatic carbocycles. The Morgan fingerprint density at radius 1 is 1.53 bits per heavy atom. The smallest absolute Gasteiger partial charge is 0.123 e. The highest BCUT2D eigenvalue weighted by Gasteiger charge is 2.27. The number of pyridine rings is 1. The van der Waals surface area contributed by atoms with Gasteiger partial charge in [-0.1, -0.05) is 11.6 Å². The lowest BCUT2D eigenvalue weighted by molar-refractivity contribution is 0.0272. The van der Waals surface area contributed by atoms with Gasteiger partial charge in [0.25, 0.3) is 0 Å². The normalized spacial score (nSPS) is 23.8. The van der Waals surface area contributed by atoms with Gasteiger partial charge in [0.15, 0.2) is 0 Å². The fourth-order valence-corrected chi connectivity index (χ4v) is 2.39. The van der Waals surface area contributed by atoms with E-state index < -0.39 is 0 Å². The molecule has 1 aliphatic carbocycles. The van der Waals surface area contributed by atoms with Crippen molar-refractivity contribution in [1.82, 2.24) is 9.88 Å². The lowest BCUT2D eigenvalue weighted by Gasteiger charge is -2.34. The zero-order valence-corrected chi connectivity index (χ0v) is 10.7. The van der Waals surface area contributed by atoms with E-state index in [4.69, 9.17) is 17.3 Å². The van der Waals surface area contributed by atoms with Crippen molar-refractivity contribution in [3.8, 4) is 0 Å². The molecule has 0 spiro atoms. The van der Waals surface area contributed by atoms with Gasteiger partial charge in [0.2, 0.25) is 0 Å². The van der Waals surface area contributed by atoms with E-state index in [9.17, 15) is 5.11 Å². The van der Waals surface area contributed by atoms with Crippen LogP contribution in [-0.4, -0.2) is 34.7 Å². The Morgan fingerprint density at radius 2 is 2.24 bits per heavy atom. The van der Waals surface area contributed by atoms with Crippen LogP contribution in [0.5, 0.6) is 0 Å². The van der Waals surface area contributed by atoms with E-state index in [-0.39, 0.29) is 6.10 Å². The lowest BCUT2D eigenvalue weighted by atomic mass is 9.82. The highest BCUT2D eigenvalue weighted by Crippen LogP contribution is 2.28. The Hall–Kier alpha value is -0.840. The fourth-order valence-electron chi connectivity index (χ4n) is 2.22. The molecule has 4 nitrogen and oxygen atoms in total.